The average Bonchev–Trinajstić information content (AvgIpc) is 3.03. The van der Waals surface area contributed by atoms with E-state index in [2.05, 4.69) is 59.0 Å². The van der Waals surface area contributed by atoms with Crippen molar-refractivity contribution in [2.75, 3.05) is 13.1 Å². The Hall–Kier alpha value is -2.04. The number of halogens is 1. The maximum atomic E-state index is 6.46. The molecule has 2 heterocycles. The van der Waals surface area contributed by atoms with Gasteiger partial charge in [0.15, 0.2) is 5.56 Å². The molecule has 0 spiro atoms. The molecule has 0 N–H and O–H groups in total. The Kier molecular flexibility index (Phi) is 5.70. The van der Waals surface area contributed by atoms with Crippen LogP contribution in [0.1, 0.15) is 49.4 Å². The minimum Gasteiger partial charge on any atom is -0.474 e. The van der Waals surface area contributed by atoms with Crippen LogP contribution in [0.15, 0.2) is 48.5 Å². The maximum Gasteiger partial charge on any atom is 0.175 e. The molecule has 2 fully saturated rings. The van der Waals surface area contributed by atoms with Crippen LogP contribution in [0.3, 0.4) is 0 Å². The normalized spacial score (nSPS) is 19.7. The summed E-state index contributed by atoms with van der Waals surface area (Å²) in [5.74, 6) is 3.17. The number of likely N-dealkylation sites (tertiary alicyclic amines) is 1. The first-order valence-corrected chi connectivity index (χ1v) is 11.6. The lowest BCUT2D eigenvalue weighted by atomic mass is 9.86. The fourth-order valence-electron chi connectivity index (χ4n) is 4.73. The lowest BCUT2D eigenvalue weighted by Crippen LogP contribution is -2.33. The standard InChI is InChI=1S/C25H30ClN3O/c1-28-23-11-3-2-10-22(23)27-24(28)17-29-14-12-18(13-15-29)20-8-5-9-21(16-20)30-25(26)19-6-4-7-19/h2-3,5,8-11,16,18-19,25H,4,6-7,12-15,17H2,1H3. The van der Waals surface area contributed by atoms with Crippen LogP contribution in [-0.2, 0) is 13.6 Å². The molecule has 2 aromatic carbocycles. The van der Waals surface area contributed by atoms with Gasteiger partial charge in [0.1, 0.15) is 11.6 Å². The van der Waals surface area contributed by atoms with Crippen LogP contribution in [0, 0.1) is 5.92 Å². The molecule has 1 aliphatic carbocycles. The Labute approximate surface area is 183 Å². The zero-order valence-electron chi connectivity index (χ0n) is 17.6. The van der Waals surface area contributed by atoms with Crippen LogP contribution in [0.2, 0.25) is 0 Å². The van der Waals surface area contributed by atoms with E-state index in [4.69, 9.17) is 21.3 Å². The third kappa shape index (κ3) is 4.08. The van der Waals surface area contributed by atoms with E-state index >= 15 is 0 Å². The summed E-state index contributed by atoms with van der Waals surface area (Å²) >= 11 is 6.46. The molecule has 5 heteroatoms. The van der Waals surface area contributed by atoms with E-state index in [1.165, 1.54) is 43.2 Å². The second-order valence-corrected chi connectivity index (χ2v) is 9.29. The largest absolute Gasteiger partial charge is 0.474 e. The molecule has 1 atom stereocenters. The molecular formula is C25H30ClN3O. The molecule has 1 saturated heterocycles. The monoisotopic (exact) mass is 423 g/mol. The van der Waals surface area contributed by atoms with E-state index in [1.807, 2.05) is 6.07 Å². The number of piperidine rings is 1. The zero-order valence-corrected chi connectivity index (χ0v) is 18.4. The number of aromatic nitrogens is 2. The molecule has 1 saturated carbocycles. The molecule has 3 aromatic rings. The fraction of sp³-hybridized carbons (Fsp3) is 0.480. The van der Waals surface area contributed by atoms with Crippen LogP contribution in [0.5, 0.6) is 5.75 Å². The van der Waals surface area contributed by atoms with Gasteiger partial charge >= 0.3 is 0 Å². The van der Waals surface area contributed by atoms with Crippen molar-refractivity contribution in [1.29, 1.82) is 0 Å². The van der Waals surface area contributed by atoms with Crippen molar-refractivity contribution < 1.29 is 4.74 Å². The van der Waals surface area contributed by atoms with Gasteiger partial charge in [-0.3, -0.25) is 4.90 Å². The molecule has 0 radical (unpaired) electrons. The average molecular weight is 424 g/mol. The minimum absolute atomic E-state index is 0.191. The number of alkyl halides is 1. The number of nitrogens with zero attached hydrogens (tertiary/aromatic N) is 3. The van der Waals surface area contributed by atoms with Crippen molar-refractivity contribution in [3.05, 3.63) is 59.9 Å². The Morgan fingerprint density at radius 1 is 1.07 bits per heavy atom. The molecule has 4 nitrogen and oxygen atoms in total. The van der Waals surface area contributed by atoms with Crippen molar-refractivity contribution in [2.45, 2.75) is 50.1 Å². The highest BCUT2D eigenvalue weighted by atomic mass is 35.5. The third-order valence-electron chi connectivity index (χ3n) is 6.93. The second kappa shape index (κ2) is 8.60. The van der Waals surface area contributed by atoms with Gasteiger partial charge in [0.2, 0.25) is 0 Å². The Bertz CT molecular complexity index is 1000. The summed E-state index contributed by atoms with van der Waals surface area (Å²) in [6, 6.07) is 17.0. The van der Waals surface area contributed by atoms with Crippen LogP contribution in [0.25, 0.3) is 11.0 Å². The van der Waals surface area contributed by atoms with Gasteiger partial charge in [-0.1, -0.05) is 42.3 Å². The Balaban J connectivity index is 1.19. The first-order valence-electron chi connectivity index (χ1n) is 11.2. The summed E-state index contributed by atoms with van der Waals surface area (Å²) in [5.41, 5.74) is 3.48. The number of para-hydroxylation sites is 2. The molecule has 1 unspecified atom stereocenters. The number of aryl methyl sites for hydroxylation is 1. The number of benzene rings is 2. The number of imidazole rings is 1. The highest BCUT2D eigenvalue weighted by Gasteiger charge is 2.27. The molecule has 158 valence electrons. The summed E-state index contributed by atoms with van der Waals surface area (Å²) < 4.78 is 8.26. The van der Waals surface area contributed by atoms with Crippen molar-refractivity contribution in [3.8, 4) is 5.75 Å². The van der Waals surface area contributed by atoms with E-state index in [1.54, 1.807) is 0 Å². The van der Waals surface area contributed by atoms with Gasteiger partial charge in [0.25, 0.3) is 0 Å². The molecular weight excluding hydrogens is 394 g/mol. The molecule has 5 rings (SSSR count). The predicted octanol–water partition coefficient (Wildman–Crippen LogP) is 5.70. The molecule has 1 aliphatic heterocycles. The first kappa shape index (κ1) is 19.9. The zero-order chi connectivity index (χ0) is 20.5. The van der Waals surface area contributed by atoms with Crippen molar-refractivity contribution in [1.82, 2.24) is 14.5 Å². The smallest absolute Gasteiger partial charge is 0.175 e. The van der Waals surface area contributed by atoms with Crippen molar-refractivity contribution in [2.24, 2.45) is 13.0 Å². The van der Waals surface area contributed by atoms with Gasteiger partial charge in [-0.05, 0) is 74.5 Å². The SMILES string of the molecule is Cn1c(CN2CCC(c3cccc(OC(Cl)C4CCC4)c3)CC2)nc2ccccc21. The van der Waals surface area contributed by atoms with Crippen molar-refractivity contribution in [3.63, 3.8) is 0 Å². The molecule has 1 aromatic heterocycles. The van der Waals surface area contributed by atoms with E-state index in [0.717, 1.165) is 36.7 Å². The van der Waals surface area contributed by atoms with E-state index < -0.39 is 0 Å². The van der Waals surface area contributed by atoms with E-state index in [9.17, 15) is 0 Å². The van der Waals surface area contributed by atoms with Gasteiger partial charge in [0.05, 0.1) is 17.6 Å². The van der Waals surface area contributed by atoms with Gasteiger partial charge in [0, 0.05) is 13.0 Å². The molecule has 0 amide bonds. The van der Waals surface area contributed by atoms with Crippen LogP contribution in [0.4, 0.5) is 0 Å². The lowest BCUT2D eigenvalue weighted by molar-refractivity contribution is 0.146. The minimum atomic E-state index is -0.191. The molecule has 30 heavy (non-hydrogen) atoms. The highest BCUT2D eigenvalue weighted by Crippen LogP contribution is 2.35. The van der Waals surface area contributed by atoms with E-state index in [-0.39, 0.29) is 5.56 Å². The summed E-state index contributed by atoms with van der Waals surface area (Å²) in [6.07, 6.45) is 6.00. The van der Waals surface area contributed by atoms with Gasteiger partial charge in [-0.2, -0.15) is 0 Å². The summed E-state index contributed by atoms with van der Waals surface area (Å²) in [7, 11) is 2.12. The van der Waals surface area contributed by atoms with Crippen molar-refractivity contribution >= 4 is 22.6 Å². The molecule has 0 bridgehead atoms. The summed E-state index contributed by atoms with van der Waals surface area (Å²) in [5, 5.41) is 0. The lowest BCUT2D eigenvalue weighted by Gasteiger charge is -2.32. The Morgan fingerprint density at radius 3 is 2.60 bits per heavy atom. The topological polar surface area (TPSA) is 30.3 Å². The van der Waals surface area contributed by atoms with Gasteiger partial charge in [-0.15, -0.1) is 0 Å². The Morgan fingerprint density at radius 2 is 1.87 bits per heavy atom. The number of ether oxygens (including phenoxy) is 1. The number of rotatable bonds is 6. The predicted molar refractivity (Wildman–Crippen MR) is 122 cm³/mol. The van der Waals surface area contributed by atoms with Gasteiger partial charge < -0.3 is 9.30 Å². The maximum absolute atomic E-state index is 6.46. The second-order valence-electron chi connectivity index (χ2n) is 8.86. The highest BCUT2D eigenvalue weighted by molar-refractivity contribution is 6.20. The van der Waals surface area contributed by atoms with Gasteiger partial charge in [-0.25, -0.2) is 4.98 Å². The number of fused-ring (bicyclic) bond motifs is 1. The summed E-state index contributed by atoms with van der Waals surface area (Å²) in [4.78, 5) is 7.37. The number of hydrogen-bond acceptors (Lipinski definition) is 3. The fourth-order valence-corrected chi connectivity index (χ4v) is 5.09. The van der Waals surface area contributed by atoms with Crippen LogP contribution in [-0.4, -0.2) is 33.1 Å². The van der Waals surface area contributed by atoms with Crippen LogP contribution < -0.4 is 4.74 Å². The quantitative estimate of drug-likeness (QED) is 0.476. The number of hydrogen-bond donors (Lipinski definition) is 0. The van der Waals surface area contributed by atoms with Crippen LogP contribution >= 0.6 is 11.6 Å². The summed E-state index contributed by atoms with van der Waals surface area (Å²) in [6.45, 7) is 3.11. The first-order chi connectivity index (χ1) is 14.7. The third-order valence-corrected chi connectivity index (χ3v) is 7.38. The molecule has 2 aliphatic rings. The van der Waals surface area contributed by atoms with E-state index in [0.29, 0.717) is 11.8 Å².